The van der Waals surface area contributed by atoms with E-state index in [1.165, 1.54) is 0 Å². The van der Waals surface area contributed by atoms with E-state index < -0.39 is 0 Å². The average Bonchev–Trinajstić information content (AvgIpc) is 2.52. The molecular weight excluding hydrogens is 298 g/mol. The second kappa shape index (κ2) is 5.78. The molecule has 0 N–H and O–H groups in total. The van der Waals surface area contributed by atoms with Gasteiger partial charge in [0, 0.05) is 16.0 Å². The first-order chi connectivity index (χ1) is 10.6. The van der Waals surface area contributed by atoms with Crippen molar-refractivity contribution in [3.63, 3.8) is 0 Å². The van der Waals surface area contributed by atoms with E-state index >= 15 is 0 Å². The van der Waals surface area contributed by atoms with E-state index in [0.29, 0.717) is 33.3 Å². The topological polar surface area (TPSA) is 39.2 Å². The minimum absolute atomic E-state index is 0.372. The van der Waals surface area contributed by atoms with Crippen molar-refractivity contribution < 1.29 is 9.53 Å². The fourth-order valence-electron chi connectivity index (χ4n) is 2.29. The van der Waals surface area contributed by atoms with Gasteiger partial charge in [-0.05, 0) is 44.2 Å². The van der Waals surface area contributed by atoms with E-state index in [-0.39, 0.29) is 0 Å². The second-order valence-electron chi connectivity index (χ2n) is 5.15. The lowest BCUT2D eigenvalue weighted by Gasteiger charge is -2.13. The summed E-state index contributed by atoms with van der Waals surface area (Å²) in [6.45, 7) is 3.84. The van der Waals surface area contributed by atoms with Crippen LogP contribution in [0.4, 0.5) is 0 Å². The van der Waals surface area contributed by atoms with Gasteiger partial charge < -0.3 is 4.74 Å². The van der Waals surface area contributed by atoms with Crippen molar-refractivity contribution in [3.05, 3.63) is 64.3 Å². The summed E-state index contributed by atoms with van der Waals surface area (Å²) in [5, 5.41) is 1.39. The van der Waals surface area contributed by atoms with Crippen molar-refractivity contribution in [3.8, 4) is 11.5 Å². The van der Waals surface area contributed by atoms with Crippen LogP contribution in [0.3, 0.4) is 0 Å². The van der Waals surface area contributed by atoms with Gasteiger partial charge in [0.25, 0.3) is 0 Å². The number of benzene rings is 2. The van der Waals surface area contributed by atoms with Gasteiger partial charge in [0.05, 0.1) is 5.52 Å². The van der Waals surface area contributed by atoms with Gasteiger partial charge in [0.15, 0.2) is 6.29 Å². The second-order valence-corrected chi connectivity index (χ2v) is 5.58. The highest BCUT2D eigenvalue weighted by atomic mass is 35.5. The summed E-state index contributed by atoms with van der Waals surface area (Å²) >= 11 is 6.09. The van der Waals surface area contributed by atoms with Gasteiger partial charge in [0.2, 0.25) is 0 Å². The van der Waals surface area contributed by atoms with Crippen molar-refractivity contribution in [2.24, 2.45) is 0 Å². The SMILES string of the molecule is Cc1ccc(Oc2c(C)c(C=O)nc3ccc(Cl)cc23)cc1. The molecule has 0 aliphatic carbocycles. The zero-order valence-corrected chi connectivity index (χ0v) is 13.0. The summed E-state index contributed by atoms with van der Waals surface area (Å²) in [7, 11) is 0. The summed E-state index contributed by atoms with van der Waals surface area (Å²) in [6, 6.07) is 13.1. The molecule has 0 amide bonds. The van der Waals surface area contributed by atoms with Gasteiger partial charge in [-0.2, -0.15) is 0 Å². The van der Waals surface area contributed by atoms with E-state index in [4.69, 9.17) is 16.3 Å². The van der Waals surface area contributed by atoms with E-state index in [9.17, 15) is 4.79 Å². The number of carbonyl (C=O) groups excluding carboxylic acids is 1. The molecule has 3 rings (SSSR count). The lowest BCUT2D eigenvalue weighted by atomic mass is 10.1. The van der Waals surface area contributed by atoms with Crippen LogP contribution in [0.5, 0.6) is 11.5 Å². The molecule has 0 aliphatic rings. The number of ether oxygens (including phenoxy) is 1. The highest BCUT2D eigenvalue weighted by molar-refractivity contribution is 6.31. The van der Waals surface area contributed by atoms with Gasteiger partial charge in [-0.1, -0.05) is 29.3 Å². The number of aryl methyl sites for hydroxylation is 1. The fourth-order valence-corrected chi connectivity index (χ4v) is 2.46. The summed E-state index contributed by atoms with van der Waals surface area (Å²) in [5.41, 5.74) is 2.90. The zero-order valence-electron chi connectivity index (χ0n) is 12.3. The molecule has 1 heterocycles. The van der Waals surface area contributed by atoms with Crippen LogP contribution in [0.25, 0.3) is 10.9 Å². The van der Waals surface area contributed by atoms with E-state index in [2.05, 4.69) is 4.98 Å². The normalized spacial score (nSPS) is 10.7. The number of carbonyl (C=O) groups is 1. The molecule has 3 aromatic rings. The maximum absolute atomic E-state index is 11.2. The van der Waals surface area contributed by atoms with Crippen LogP contribution in [0.15, 0.2) is 42.5 Å². The molecule has 0 saturated carbocycles. The molecule has 0 atom stereocenters. The smallest absolute Gasteiger partial charge is 0.168 e. The molecule has 22 heavy (non-hydrogen) atoms. The van der Waals surface area contributed by atoms with Crippen LogP contribution >= 0.6 is 11.6 Å². The molecule has 0 unspecified atom stereocenters. The highest BCUT2D eigenvalue weighted by Gasteiger charge is 2.14. The maximum atomic E-state index is 11.2. The van der Waals surface area contributed by atoms with Crippen molar-refractivity contribution in [1.82, 2.24) is 4.98 Å². The van der Waals surface area contributed by atoms with Crippen LogP contribution in [0.2, 0.25) is 5.02 Å². The third-order valence-electron chi connectivity index (χ3n) is 3.52. The molecule has 4 heteroatoms. The van der Waals surface area contributed by atoms with Crippen LogP contribution in [0.1, 0.15) is 21.6 Å². The lowest BCUT2D eigenvalue weighted by Crippen LogP contribution is -1.98. The molecule has 0 radical (unpaired) electrons. The van der Waals surface area contributed by atoms with Gasteiger partial charge in [-0.3, -0.25) is 4.79 Å². The number of rotatable bonds is 3. The molecule has 0 saturated heterocycles. The Morgan fingerprint density at radius 1 is 1.09 bits per heavy atom. The molecule has 3 nitrogen and oxygen atoms in total. The molecule has 0 bridgehead atoms. The Morgan fingerprint density at radius 2 is 1.82 bits per heavy atom. The Hall–Kier alpha value is -2.39. The van der Waals surface area contributed by atoms with Crippen LogP contribution < -0.4 is 4.74 Å². The Labute approximate surface area is 133 Å². The predicted molar refractivity (Wildman–Crippen MR) is 88.1 cm³/mol. The summed E-state index contributed by atoms with van der Waals surface area (Å²) in [4.78, 5) is 15.6. The maximum Gasteiger partial charge on any atom is 0.168 e. The largest absolute Gasteiger partial charge is 0.456 e. The average molecular weight is 312 g/mol. The highest BCUT2D eigenvalue weighted by Crippen LogP contribution is 2.35. The minimum atomic E-state index is 0.372. The van der Waals surface area contributed by atoms with Crippen molar-refractivity contribution in [2.75, 3.05) is 0 Å². The summed E-state index contributed by atoms with van der Waals surface area (Å²) in [6.07, 6.45) is 0.741. The number of aldehydes is 1. The van der Waals surface area contributed by atoms with Crippen LogP contribution in [0, 0.1) is 13.8 Å². The van der Waals surface area contributed by atoms with Gasteiger partial charge >= 0.3 is 0 Å². The molecule has 2 aromatic carbocycles. The number of hydrogen-bond acceptors (Lipinski definition) is 3. The lowest BCUT2D eigenvalue weighted by molar-refractivity contribution is 0.111. The number of nitrogens with zero attached hydrogens (tertiary/aromatic N) is 1. The number of pyridine rings is 1. The third-order valence-corrected chi connectivity index (χ3v) is 3.76. The van der Waals surface area contributed by atoms with Gasteiger partial charge in [0.1, 0.15) is 17.2 Å². The summed E-state index contributed by atoms with van der Waals surface area (Å²) in [5.74, 6) is 1.32. The van der Waals surface area contributed by atoms with E-state index in [1.807, 2.05) is 38.1 Å². The van der Waals surface area contributed by atoms with Gasteiger partial charge in [-0.15, -0.1) is 0 Å². The Bertz CT molecular complexity index is 857. The van der Waals surface area contributed by atoms with Gasteiger partial charge in [-0.25, -0.2) is 4.98 Å². The Balaban J connectivity index is 2.20. The molecule has 0 spiro atoms. The molecule has 0 fully saturated rings. The first-order valence-electron chi connectivity index (χ1n) is 6.88. The van der Waals surface area contributed by atoms with E-state index in [1.54, 1.807) is 18.2 Å². The Kier molecular flexibility index (Phi) is 3.82. The first-order valence-corrected chi connectivity index (χ1v) is 7.26. The Morgan fingerprint density at radius 3 is 2.50 bits per heavy atom. The van der Waals surface area contributed by atoms with E-state index in [0.717, 1.165) is 17.2 Å². The van der Waals surface area contributed by atoms with Crippen molar-refractivity contribution in [2.45, 2.75) is 13.8 Å². The van der Waals surface area contributed by atoms with Crippen LogP contribution in [-0.2, 0) is 0 Å². The molecule has 0 aliphatic heterocycles. The molecular formula is C18H14ClNO2. The molecule has 110 valence electrons. The van der Waals surface area contributed by atoms with Crippen molar-refractivity contribution in [1.29, 1.82) is 0 Å². The van der Waals surface area contributed by atoms with Crippen LogP contribution in [-0.4, -0.2) is 11.3 Å². The van der Waals surface area contributed by atoms with Crippen molar-refractivity contribution >= 4 is 28.8 Å². The number of hydrogen-bond donors (Lipinski definition) is 0. The first kappa shape index (κ1) is 14.5. The third kappa shape index (κ3) is 2.68. The number of fused-ring (bicyclic) bond motifs is 1. The summed E-state index contributed by atoms with van der Waals surface area (Å²) < 4.78 is 6.02. The standard InChI is InChI=1S/C18H14ClNO2/c1-11-3-6-14(7-4-11)22-18-12(2)17(10-21)20-16-8-5-13(19)9-15(16)18/h3-10H,1-2H3. The minimum Gasteiger partial charge on any atom is -0.456 e. The zero-order chi connectivity index (χ0) is 15.7. The monoisotopic (exact) mass is 311 g/mol. The number of aromatic nitrogens is 1. The number of halogens is 1. The predicted octanol–water partition coefficient (Wildman–Crippen LogP) is 5.11. The quantitative estimate of drug-likeness (QED) is 0.631. The fraction of sp³-hybridized carbons (Fsp3) is 0.111. The molecule has 1 aromatic heterocycles.